The van der Waals surface area contributed by atoms with Crippen LogP contribution in [0.2, 0.25) is 10.0 Å². The molecule has 0 aromatic heterocycles. The summed E-state index contributed by atoms with van der Waals surface area (Å²) >= 11 is 11.8. The van der Waals surface area contributed by atoms with Crippen LogP contribution in [-0.2, 0) is 4.79 Å². The molecular formula is C16H15Cl2NO3. The van der Waals surface area contributed by atoms with E-state index in [0.717, 1.165) is 0 Å². The molecule has 1 atom stereocenters. The number of hydrogen-bond acceptors (Lipinski definition) is 3. The Bertz CT molecular complexity index is 659. The van der Waals surface area contributed by atoms with Gasteiger partial charge in [0.05, 0.1) is 12.1 Å². The van der Waals surface area contributed by atoms with Crippen LogP contribution in [0.3, 0.4) is 0 Å². The van der Waals surface area contributed by atoms with Gasteiger partial charge in [-0.3, -0.25) is 4.79 Å². The molecule has 2 aromatic rings. The molecule has 6 heteroatoms. The lowest BCUT2D eigenvalue weighted by molar-refractivity contribution is -0.122. The average Bonchev–Trinajstić information content (AvgIpc) is 2.49. The quantitative estimate of drug-likeness (QED) is 0.877. The number of hydrogen-bond donors (Lipinski definition) is 1. The first-order chi connectivity index (χ1) is 10.5. The molecule has 0 spiro atoms. The van der Waals surface area contributed by atoms with Gasteiger partial charge in [0.2, 0.25) is 0 Å². The third-order valence-corrected chi connectivity index (χ3v) is 3.46. The topological polar surface area (TPSA) is 47.6 Å². The standard InChI is InChI=1S/C16H15Cl2NO3/c1-10(22-13-6-3-11(17)4-7-13)16(20)19-12-5-8-15(21-2)14(18)9-12/h3-10H,1-2H3,(H,19,20). The van der Waals surface area contributed by atoms with Crippen LogP contribution in [0.25, 0.3) is 0 Å². The summed E-state index contributed by atoms with van der Waals surface area (Å²) in [6.07, 6.45) is -0.665. The molecule has 1 unspecified atom stereocenters. The Balaban J connectivity index is 1.99. The first kappa shape index (κ1) is 16.5. The van der Waals surface area contributed by atoms with Crippen LogP contribution >= 0.6 is 23.2 Å². The highest BCUT2D eigenvalue weighted by atomic mass is 35.5. The first-order valence-corrected chi connectivity index (χ1v) is 7.32. The first-order valence-electron chi connectivity index (χ1n) is 6.56. The van der Waals surface area contributed by atoms with Crippen LogP contribution in [0.5, 0.6) is 11.5 Å². The van der Waals surface area contributed by atoms with Gasteiger partial charge in [-0.15, -0.1) is 0 Å². The van der Waals surface area contributed by atoms with Gasteiger partial charge in [-0.25, -0.2) is 0 Å². The van der Waals surface area contributed by atoms with Gasteiger partial charge in [0.15, 0.2) is 6.10 Å². The number of amides is 1. The number of carbonyl (C=O) groups is 1. The normalized spacial score (nSPS) is 11.6. The molecule has 22 heavy (non-hydrogen) atoms. The summed E-state index contributed by atoms with van der Waals surface area (Å²) in [6.45, 7) is 1.66. The highest BCUT2D eigenvalue weighted by Crippen LogP contribution is 2.27. The maximum absolute atomic E-state index is 12.1. The van der Waals surface area contributed by atoms with E-state index in [-0.39, 0.29) is 5.91 Å². The Labute approximate surface area is 138 Å². The summed E-state index contributed by atoms with van der Waals surface area (Å²) in [5.74, 6) is 0.834. The van der Waals surface area contributed by atoms with Gasteiger partial charge < -0.3 is 14.8 Å². The summed E-state index contributed by atoms with van der Waals surface area (Å²) in [5.41, 5.74) is 0.572. The zero-order valence-corrected chi connectivity index (χ0v) is 13.6. The Kier molecular flexibility index (Phi) is 5.52. The van der Waals surface area contributed by atoms with Crippen molar-refractivity contribution in [2.75, 3.05) is 12.4 Å². The fourth-order valence-electron chi connectivity index (χ4n) is 1.76. The number of ether oxygens (including phenoxy) is 2. The predicted molar refractivity (Wildman–Crippen MR) is 88.2 cm³/mol. The fraction of sp³-hybridized carbons (Fsp3) is 0.188. The van der Waals surface area contributed by atoms with E-state index in [1.807, 2.05) is 0 Å². The molecule has 0 saturated carbocycles. The smallest absolute Gasteiger partial charge is 0.265 e. The Hall–Kier alpha value is -1.91. The third kappa shape index (κ3) is 4.29. The molecule has 0 radical (unpaired) electrons. The van der Waals surface area contributed by atoms with E-state index in [4.69, 9.17) is 32.7 Å². The lowest BCUT2D eigenvalue weighted by atomic mass is 10.2. The minimum Gasteiger partial charge on any atom is -0.495 e. The van der Waals surface area contributed by atoms with Crippen molar-refractivity contribution in [3.8, 4) is 11.5 Å². The highest BCUT2D eigenvalue weighted by molar-refractivity contribution is 6.32. The number of rotatable bonds is 5. The molecule has 0 saturated heterocycles. The second kappa shape index (κ2) is 7.38. The number of halogens is 2. The van der Waals surface area contributed by atoms with Crippen LogP contribution in [0, 0.1) is 0 Å². The van der Waals surface area contributed by atoms with Crippen molar-refractivity contribution in [1.82, 2.24) is 0 Å². The van der Waals surface area contributed by atoms with Crippen molar-refractivity contribution in [1.29, 1.82) is 0 Å². The summed E-state index contributed by atoms with van der Waals surface area (Å²) < 4.78 is 10.6. The number of methoxy groups -OCH3 is 1. The number of nitrogens with one attached hydrogen (secondary N) is 1. The zero-order chi connectivity index (χ0) is 16.1. The van der Waals surface area contributed by atoms with Crippen molar-refractivity contribution < 1.29 is 14.3 Å². The second-order valence-corrected chi connectivity index (χ2v) is 5.40. The van der Waals surface area contributed by atoms with E-state index in [1.54, 1.807) is 49.4 Å². The van der Waals surface area contributed by atoms with Crippen LogP contribution in [0.4, 0.5) is 5.69 Å². The van der Waals surface area contributed by atoms with E-state index in [2.05, 4.69) is 5.32 Å². The van der Waals surface area contributed by atoms with Gasteiger partial charge in [-0.05, 0) is 49.4 Å². The summed E-state index contributed by atoms with van der Waals surface area (Å²) in [4.78, 5) is 12.1. The lowest BCUT2D eigenvalue weighted by Crippen LogP contribution is -2.30. The van der Waals surface area contributed by atoms with Gasteiger partial charge in [0.1, 0.15) is 11.5 Å². The monoisotopic (exact) mass is 339 g/mol. The molecule has 0 bridgehead atoms. The average molecular weight is 340 g/mol. The molecule has 116 valence electrons. The zero-order valence-electron chi connectivity index (χ0n) is 12.1. The van der Waals surface area contributed by atoms with Crippen LogP contribution < -0.4 is 14.8 Å². The molecule has 1 amide bonds. The van der Waals surface area contributed by atoms with E-state index in [1.165, 1.54) is 7.11 Å². The molecule has 4 nitrogen and oxygen atoms in total. The molecule has 0 aliphatic rings. The third-order valence-electron chi connectivity index (χ3n) is 2.92. The molecule has 0 fully saturated rings. The Morgan fingerprint density at radius 1 is 1.14 bits per heavy atom. The largest absolute Gasteiger partial charge is 0.495 e. The van der Waals surface area contributed by atoms with Crippen LogP contribution in [0.1, 0.15) is 6.92 Å². The van der Waals surface area contributed by atoms with Crippen molar-refractivity contribution in [3.63, 3.8) is 0 Å². The molecule has 2 aromatic carbocycles. The highest BCUT2D eigenvalue weighted by Gasteiger charge is 2.15. The maximum Gasteiger partial charge on any atom is 0.265 e. The van der Waals surface area contributed by atoms with Crippen LogP contribution in [-0.4, -0.2) is 19.1 Å². The molecule has 0 heterocycles. The van der Waals surface area contributed by atoms with Gasteiger partial charge in [0.25, 0.3) is 5.91 Å². The van der Waals surface area contributed by atoms with Gasteiger partial charge >= 0.3 is 0 Å². The Morgan fingerprint density at radius 2 is 1.82 bits per heavy atom. The van der Waals surface area contributed by atoms with E-state index in [9.17, 15) is 4.79 Å². The van der Waals surface area contributed by atoms with Crippen molar-refractivity contribution >= 4 is 34.8 Å². The van der Waals surface area contributed by atoms with Gasteiger partial charge in [0, 0.05) is 10.7 Å². The van der Waals surface area contributed by atoms with E-state index >= 15 is 0 Å². The van der Waals surface area contributed by atoms with Crippen molar-refractivity contribution in [2.24, 2.45) is 0 Å². The van der Waals surface area contributed by atoms with E-state index < -0.39 is 6.10 Å². The molecule has 0 aliphatic carbocycles. The summed E-state index contributed by atoms with van der Waals surface area (Å²) in [5, 5.41) is 3.77. The van der Waals surface area contributed by atoms with Gasteiger partial charge in [-0.1, -0.05) is 23.2 Å². The minimum absolute atomic E-state index is 0.281. The number of benzene rings is 2. The SMILES string of the molecule is COc1ccc(NC(=O)C(C)Oc2ccc(Cl)cc2)cc1Cl. The lowest BCUT2D eigenvalue weighted by Gasteiger charge is -2.15. The van der Waals surface area contributed by atoms with Crippen molar-refractivity contribution in [2.45, 2.75) is 13.0 Å². The van der Waals surface area contributed by atoms with Gasteiger partial charge in [-0.2, -0.15) is 0 Å². The second-order valence-electron chi connectivity index (χ2n) is 4.55. The molecule has 2 rings (SSSR count). The summed E-state index contributed by atoms with van der Waals surface area (Å²) in [7, 11) is 1.53. The van der Waals surface area contributed by atoms with E-state index in [0.29, 0.717) is 27.2 Å². The molecular weight excluding hydrogens is 325 g/mol. The number of anilines is 1. The number of carbonyl (C=O) groups excluding carboxylic acids is 1. The molecule has 0 aliphatic heterocycles. The van der Waals surface area contributed by atoms with Crippen LogP contribution in [0.15, 0.2) is 42.5 Å². The van der Waals surface area contributed by atoms with Crippen molar-refractivity contribution in [3.05, 3.63) is 52.5 Å². The summed E-state index contributed by atoms with van der Waals surface area (Å²) in [6, 6.07) is 11.8. The predicted octanol–water partition coefficient (Wildman–Crippen LogP) is 4.41. The minimum atomic E-state index is -0.665. The Morgan fingerprint density at radius 3 is 2.41 bits per heavy atom. The molecule has 1 N–H and O–H groups in total. The fourth-order valence-corrected chi connectivity index (χ4v) is 2.14. The maximum atomic E-state index is 12.1.